The number of carbonyl (C=O) groups is 1. The van der Waals surface area contributed by atoms with Gasteiger partial charge in [-0.15, -0.1) is 24.8 Å². The van der Waals surface area contributed by atoms with Gasteiger partial charge in [0.1, 0.15) is 17.1 Å². The number of pyridine rings is 2. The number of nitrogens with one attached hydrogen (secondary N) is 1. The number of methoxy groups -OCH3 is 1. The molecule has 0 unspecified atom stereocenters. The van der Waals surface area contributed by atoms with Crippen molar-refractivity contribution in [3.63, 3.8) is 0 Å². The molecule has 0 atom stereocenters. The van der Waals surface area contributed by atoms with E-state index in [0.29, 0.717) is 40.3 Å². The van der Waals surface area contributed by atoms with E-state index < -0.39 is 23.0 Å². The van der Waals surface area contributed by atoms with Crippen molar-refractivity contribution in [1.29, 1.82) is 0 Å². The first-order valence-corrected chi connectivity index (χ1v) is 16.5. The number of fused-ring (bicyclic) bond motifs is 2. The van der Waals surface area contributed by atoms with Crippen LogP contribution in [0.1, 0.15) is 16.8 Å². The molecule has 1 amide bonds. The van der Waals surface area contributed by atoms with Gasteiger partial charge in [-0.3, -0.25) is 19.5 Å². The maximum absolute atomic E-state index is 15.5. The summed E-state index contributed by atoms with van der Waals surface area (Å²) in [6, 6.07) is 21.7. The fourth-order valence-electron chi connectivity index (χ4n) is 6.05. The Morgan fingerprint density at radius 1 is 0.868 bits per heavy atom. The number of amides is 1. The quantitative estimate of drug-likeness (QED) is 0.133. The zero-order chi connectivity index (χ0) is 35.3. The van der Waals surface area contributed by atoms with E-state index in [1.54, 1.807) is 74.0 Å². The van der Waals surface area contributed by atoms with Gasteiger partial charge in [-0.1, -0.05) is 24.3 Å². The van der Waals surface area contributed by atoms with Gasteiger partial charge >= 0.3 is 0 Å². The van der Waals surface area contributed by atoms with Crippen molar-refractivity contribution >= 4 is 58.2 Å². The number of anilines is 1. The Balaban J connectivity index is 0.00000271. The number of para-hydroxylation sites is 2. The Morgan fingerprint density at radius 3 is 2.42 bits per heavy atom. The number of aromatic nitrogens is 2. The molecule has 4 aromatic carbocycles. The van der Waals surface area contributed by atoms with Crippen LogP contribution in [-0.4, -0.2) is 66.9 Å². The molecule has 1 N–H and O–H groups in total. The van der Waals surface area contributed by atoms with Crippen LogP contribution in [0.2, 0.25) is 0 Å². The lowest BCUT2D eigenvalue weighted by Gasteiger charge is -2.26. The molecule has 10 nitrogen and oxygen atoms in total. The number of carbonyl (C=O) groups excluding carboxylic acids is 1. The standard InChI is InChI=1S/C39H34F2N4O6.2ClH/c1-48-36-22-27-31(23-37(36)50-18-6-15-44-16-19-49-20-17-44)42-14-13-34(27)51-35-12-11-25(21-30(35)41)43-39(47)28-24-45(33-10-5-3-8-29(33)40)32-9-4-2-7-26(32)38(28)46;;/h2-5,7-14,21-24H,6,15-20H2,1H3,(H,43,47);2*1H. The molecule has 53 heavy (non-hydrogen) atoms. The van der Waals surface area contributed by atoms with Crippen LogP contribution in [0.15, 0.2) is 102 Å². The van der Waals surface area contributed by atoms with Crippen molar-refractivity contribution in [3.8, 4) is 28.7 Å². The largest absolute Gasteiger partial charge is 0.493 e. The predicted octanol–water partition coefficient (Wildman–Crippen LogP) is 7.82. The summed E-state index contributed by atoms with van der Waals surface area (Å²) in [4.78, 5) is 33.6. The topological polar surface area (TPSA) is 104 Å². The second kappa shape index (κ2) is 17.5. The molecule has 276 valence electrons. The first-order valence-electron chi connectivity index (χ1n) is 16.5. The van der Waals surface area contributed by atoms with Gasteiger partial charge in [-0.2, -0.15) is 0 Å². The molecule has 6 aromatic rings. The Hall–Kier alpha value is -5.27. The second-order valence-corrected chi connectivity index (χ2v) is 11.9. The average molecular weight is 766 g/mol. The van der Waals surface area contributed by atoms with E-state index in [0.717, 1.165) is 45.3 Å². The van der Waals surface area contributed by atoms with Crippen LogP contribution in [0.25, 0.3) is 27.5 Å². The number of hydrogen-bond acceptors (Lipinski definition) is 8. The summed E-state index contributed by atoms with van der Waals surface area (Å²) in [5, 5.41) is 3.40. The number of ether oxygens (including phenoxy) is 4. The van der Waals surface area contributed by atoms with Gasteiger partial charge in [0.05, 0.1) is 43.7 Å². The van der Waals surface area contributed by atoms with Crippen molar-refractivity contribution in [2.45, 2.75) is 6.42 Å². The third-order valence-corrected chi connectivity index (χ3v) is 8.64. The third kappa shape index (κ3) is 8.52. The van der Waals surface area contributed by atoms with E-state index in [-0.39, 0.29) is 52.9 Å². The van der Waals surface area contributed by atoms with Crippen LogP contribution in [0, 0.1) is 11.6 Å². The lowest BCUT2D eigenvalue weighted by atomic mass is 10.1. The van der Waals surface area contributed by atoms with Crippen LogP contribution in [0.5, 0.6) is 23.0 Å². The van der Waals surface area contributed by atoms with Gasteiger partial charge in [0, 0.05) is 60.6 Å². The van der Waals surface area contributed by atoms with Crippen molar-refractivity contribution < 1.29 is 32.5 Å². The number of hydrogen-bond donors (Lipinski definition) is 1. The third-order valence-electron chi connectivity index (χ3n) is 8.64. The summed E-state index contributed by atoms with van der Waals surface area (Å²) in [6.07, 6.45) is 3.68. The Kier molecular flexibility index (Phi) is 12.9. The number of rotatable bonds is 11. The monoisotopic (exact) mass is 764 g/mol. The zero-order valence-electron chi connectivity index (χ0n) is 28.6. The minimum absolute atomic E-state index is 0. The van der Waals surface area contributed by atoms with E-state index in [1.807, 2.05) is 0 Å². The molecule has 0 saturated carbocycles. The number of halogens is 4. The maximum Gasteiger partial charge on any atom is 0.261 e. The van der Waals surface area contributed by atoms with E-state index in [9.17, 15) is 14.0 Å². The summed E-state index contributed by atoms with van der Waals surface area (Å²) in [7, 11) is 1.54. The Bertz CT molecular complexity index is 2300. The SMILES string of the molecule is COc1cc2c(Oc3ccc(NC(=O)c4cn(-c5ccccc5F)c5ccccc5c4=O)cc3F)ccnc2cc1OCCCN1CCOCC1.Cl.Cl. The average Bonchev–Trinajstić information content (AvgIpc) is 3.15. The van der Waals surface area contributed by atoms with Crippen LogP contribution in [0.4, 0.5) is 14.5 Å². The predicted molar refractivity (Wildman–Crippen MR) is 204 cm³/mol. The van der Waals surface area contributed by atoms with E-state index >= 15 is 4.39 Å². The summed E-state index contributed by atoms with van der Waals surface area (Å²) in [5.74, 6) is -0.821. The highest BCUT2D eigenvalue weighted by atomic mass is 35.5. The molecule has 7 rings (SSSR count). The minimum atomic E-state index is -0.782. The van der Waals surface area contributed by atoms with Crippen LogP contribution < -0.4 is 25.0 Å². The molecule has 0 spiro atoms. The highest BCUT2D eigenvalue weighted by Gasteiger charge is 2.19. The molecule has 2 aromatic heterocycles. The van der Waals surface area contributed by atoms with Crippen LogP contribution >= 0.6 is 24.8 Å². The van der Waals surface area contributed by atoms with Gasteiger partial charge in [0.15, 0.2) is 23.1 Å². The highest BCUT2D eigenvalue weighted by molar-refractivity contribution is 6.06. The summed E-state index contributed by atoms with van der Waals surface area (Å²) >= 11 is 0. The fourth-order valence-corrected chi connectivity index (χ4v) is 6.05. The molecule has 1 fully saturated rings. The molecule has 1 saturated heterocycles. The van der Waals surface area contributed by atoms with Gasteiger partial charge in [0.2, 0.25) is 5.43 Å². The minimum Gasteiger partial charge on any atom is -0.493 e. The van der Waals surface area contributed by atoms with Gasteiger partial charge < -0.3 is 28.8 Å². The van der Waals surface area contributed by atoms with E-state index in [4.69, 9.17) is 18.9 Å². The summed E-state index contributed by atoms with van der Waals surface area (Å²) < 4.78 is 54.8. The fraction of sp³-hybridized carbons (Fsp3) is 0.205. The smallest absolute Gasteiger partial charge is 0.261 e. The van der Waals surface area contributed by atoms with E-state index in [2.05, 4.69) is 15.2 Å². The molecule has 0 bridgehead atoms. The summed E-state index contributed by atoms with van der Waals surface area (Å²) in [5.41, 5.74) is 0.470. The molecule has 0 radical (unpaired) electrons. The van der Waals surface area contributed by atoms with Gasteiger partial charge in [-0.05, 0) is 55.0 Å². The molecule has 1 aliphatic heterocycles. The number of morpholine rings is 1. The Morgan fingerprint density at radius 2 is 1.64 bits per heavy atom. The zero-order valence-corrected chi connectivity index (χ0v) is 30.2. The maximum atomic E-state index is 15.5. The Labute approximate surface area is 316 Å². The van der Waals surface area contributed by atoms with Crippen molar-refractivity contribution in [2.75, 3.05) is 51.9 Å². The molecular weight excluding hydrogens is 729 g/mol. The van der Waals surface area contributed by atoms with E-state index in [1.165, 1.54) is 29.0 Å². The highest BCUT2D eigenvalue weighted by Crippen LogP contribution is 2.38. The molecule has 0 aliphatic carbocycles. The van der Waals surface area contributed by atoms with Crippen molar-refractivity contribution in [2.24, 2.45) is 0 Å². The number of nitrogens with zero attached hydrogens (tertiary/aromatic N) is 3. The number of benzene rings is 4. The lowest BCUT2D eigenvalue weighted by molar-refractivity contribution is 0.0357. The van der Waals surface area contributed by atoms with Crippen LogP contribution in [-0.2, 0) is 4.74 Å². The molecular formula is C39H36Cl2F2N4O6. The van der Waals surface area contributed by atoms with Crippen LogP contribution in [0.3, 0.4) is 0 Å². The van der Waals surface area contributed by atoms with Crippen molar-refractivity contribution in [1.82, 2.24) is 14.5 Å². The lowest BCUT2D eigenvalue weighted by Crippen LogP contribution is -2.37. The van der Waals surface area contributed by atoms with Crippen molar-refractivity contribution in [3.05, 3.63) is 125 Å². The normalized spacial score (nSPS) is 12.8. The summed E-state index contributed by atoms with van der Waals surface area (Å²) in [6.45, 7) is 4.71. The van der Waals surface area contributed by atoms with Gasteiger partial charge in [-0.25, -0.2) is 8.78 Å². The van der Waals surface area contributed by atoms with Gasteiger partial charge in [0.25, 0.3) is 5.91 Å². The molecule has 1 aliphatic rings. The first-order chi connectivity index (χ1) is 24.9. The molecule has 14 heteroatoms. The second-order valence-electron chi connectivity index (χ2n) is 11.9. The first kappa shape index (κ1) is 38.9. The molecule has 3 heterocycles.